The molecule has 4 heteroatoms. The minimum absolute atomic E-state index is 0.242. The Hall–Kier alpha value is -2.33. The fourth-order valence-corrected chi connectivity index (χ4v) is 2.43. The van der Waals surface area contributed by atoms with Crippen LogP contribution in [0.5, 0.6) is 5.75 Å². The van der Waals surface area contributed by atoms with E-state index >= 15 is 0 Å². The van der Waals surface area contributed by atoms with Gasteiger partial charge in [0.25, 0.3) is 0 Å². The first kappa shape index (κ1) is 13.6. The number of rotatable bonds is 3. The van der Waals surface area contributed by atoms with Crippen molar-refractivity contribution in [3.05, 3.63) is 77.0 Å². The highest BCUT2D eigenvalue weighted by Crippen LogP contribution is 2.19. The number of hydrogen-bond donors (Lipinski definition) is 1. The highest BCUT2D eigenvalue weighted by molar-refractivity contribution is 9.10. The van der Waals surface area contributed by atoms with E-state index in [-0.39, 0.29) is 5.75 Å². The molecular formula is C17H13BrN2O. The second-order valence-corrected chi connectivity index (χ2v) is 5.47. The third-order valence-corrected chi connectivity index (χ3v) is 3.56. The number of halogens is 1. The van der Waals surface area contributed by atoms with Crippen molar-refractivity contribution in [1.82, 2.24) is 4.57 Å². The first-order chi connectivity index (χ1) is 10.2. The highest BCUT2D eigenvalue weighted by atomic mass is 79.9. The van der Waals surface area contributed by atoms with Crippen LogP contribution in [0.2, 0.25) is 0 Å². The van der Waals surface area contributed by atoms with E-state index in [9.17, 15) is 5.11 Å². The zero-order chi connectivity index (χ0) is 14.7. The van der Waals surface area contributed by atoms with Crippen molar-refractivity contribution in [3.8, 4) is 11.4 Å². The van der Waals surface area contributed by atoms with Crippen LogP contribution in [-0.4, -0.2) is 15.9 Å². The van der Waals surface area contributed by atoms with Crippen LogP contribution in [-0.2, 0) is 0 Å². The van der Waals surface area contributed by atoms with Gasteiger partial charge in [0.1, 0.15) is 5.75 Å². The molecule has 0 radical (unpaired) electrons. The number of hydrogen-bond acceptors (Lipinski definition) is 2. The molecule has 0 fully saturated rings. The molecule has 0 atom stereocenters. The Morgan fingerprint density at radius 1 is 1.00 bits per heavy atom. The Kier molecular flexibility index (Phi) is 3.88. The molecule has 1 heterocycles. The summed E-state index contributed by atoms with van der Waals surface area (Å²) in [5, 5.41) is 9.27. The van der Waals surface area contributed by atoms with Gasteiger partial charge >= 0.3 is 0 Å². The van der Waals surface area contributed by atoms with Crippen LogP contribution < -0.4 is 0 Å². The quantitative estimate of drug-likeness (QED) is 0.689. The van der Waals surface area contributed by atoms with Gasteiger partial charge in [0.2, 0.25) is 0 Å². The predicted molar refractivity (Wildman–Crippen MR) is 88.8 cm³/mol. The monoisotopic (exact) mass is 340 g/mol. The van der Waals surface area contributed by atoms with E-state index in [0.717, 1.165) is 21.5 Å². The van der Waals surface area contributed by atoms with Gasteiger partial charge in [0.05, 0.1) is 17.6 Å². The largest absolute Gasteiger partial charge is 0.508 e. The maximum absolute atomic E-state index is 9.27. The lowest BCUT2D eigenvalue weighted by Gasteiger charge is -2.06. The van der Waals surface area contributed by atoms with E-state index in [1.54, 1.807) is 24.3 Å². The second kappa shape index (κ2) is 5.97. The van der Waals surface area contributed by atoms with Crippen LogP contribution in [0.1, 0.15) is 5.69 Å². The summed E-state index contributed by atoms with van der Waals surface area (Å²) in [5.41, 5.74) is 2.86. The van der Waals surface area contributed by atoms with Crippen LogP contribution >= 0.6 is 15.9 Å². The number of benzene rings is 2. The topological polar surface area (TPSA) is 37.5 Å². The maximum atomic E-state index is 9.27. The first-order valence-corrected chi connectivity index (χ1v) is 7.28. The van der Waals surface area contributed by atoms with Crippen molar-refractivity contribution < 1.29 is 5.11 Å². The summed E-state index contributed by atoms with van der Waals surface area (Å²) < 4.78 is 3.10. The molecule has 0 saturated carbocycles. The lowest BCUT2D eigenvalue weighted by atomic mass is 10.3. The van der Waals surface area contributed by atoms with E-state index in [0.29, 0.717) is 0 Å². The van der Waals surface area contributed by atoms with Crippen molar-refractivity contribution in [2.24, 2.45) is 4.99 Å². The zero-order valence-electron chi connectivity index (χ0n) is 11.1. The van der Waals surface area contributed by atoms with E-state index in [1.165, 1.54) is 0 Å². The summed E-state index contributed by atoms with van der Waals surface area (Å²) in [4.78, 5) is 4.43. The fraction of sp³-hybridized carbons (Fsp3) is 0. The zero-order valence-corrected chi connectivity index (χ0v) is 12.7. The second-order valence-electron chi connectivity index (χ2n) is 4.56. The summed E-state index contributed by atoms with van der Waals surface area (Å²) in [5.74, 6) is 0.242. The molecule has 0 bridgehead atoms. The van der Waals surface area contributed by atoms with Crippen LogP contribution in [0.25, 0.3) is 5.69 Å². The normalized spacial score (nSPS) is 11.1. The molecule has 3 aromatic rings. The van der Waals surface area contributed by atoms with Gasteiger partial charge in [0, 0.05) is 16.4 Å². The van der Waals surface area contributed by atoms with Gasteiger partial charge in [0.15, 0.2) is 0 Å². The molecule has 0 saturated heterocycles. The third kappa shape index (κ3) is 3.23. The molecule has 0 aliphatic carbocycles. The lowest BCUT2D eigenvalue weighted by molar-refractivity contribution is 0.475. The van der Waals surface area contributed by atoms with Gasteiger partial charge < -0.3 is 9.67 Å². The SMILES string of the molecule is Oc1ccc(N=Cc2cccn2-c2cccc(Br)c2)cc1. The van der Waals surface area contributed by atoms with Gasteiger partial charge in [-0.15, -0.1) is 0 Å². The Labute approximate surface area is 131 Å². The van der Waals surface area contributed by atoms with E-state index < -0.39 is 0 Å². The summed E-state index contributed by atoms with van der Waals surface area (Å²) >= 11 is 3.48. The van der Waals surface area contributed by atoms with Crippen LogP contribution in [0.3, 0.4) is 0 Å². The number of phenolic OH excluding ortho intramolecular Hbond substituents is 1. The van der Waals surface area contributed by atoms with Gasteiger partial charge in [-0.05, 0) is 54.6 Å². The predicted octanol–water partition coefficient (Wildman–Crippen LogP) is 4.70. The molecule has 0 spiro atoms. The molecule has 0 aliphatic heterocycles. The Morgan fingerprint density at radius 2 is 1.81 bits per heavy atom. The standard InChI is InChI=1S/C17H13BrN2O/c18-13-3-1-4-15(11-13)20-10-2-5-16(20)12-19-14-6-8-17(21)9-7-14/h1-12,21H. The van der Waals surface area contributed by atoms with E-state index in [1.807, 2.05) is 42.7 Å². The molecule has 1 N–H and O–H groups in total. The van der Waals surface area contributed by atoms with Crippen LogP contribution in [0, 0.1) is 0 Å². The molecule has 0 amide bonds. The minimum Gasteiger partial charge on any atom is -0.508 e. The summed E-state index contributed by atoms with van der Waals surface area (Å²) in [6.45, 7) is 0. The van der Waals surface area contributed by atoms with Crippen molar-refractivity contribution in [1.29, 1.82) is 0 Å². The molecule has 104 valence electrons. The van der Waals surface area contributed by atoms with E-state index in [2.05, 4.69) is 31.6 Å². The average Bonchev–Trinajstić information content (AvgIpc) is 2.95. The molecule has 1 aromatic heterocycles. The Morgan fingerprint density at radius 3 is 2.57 bits per heavy atom. The molecule has 0 unspecified atom stereocenters. The summed E-state index contributed by atoms with van der Waals surface area (Å²) in [6.07, 6.45) is 3.81. The minimum atomic E-state index is 0.242. The third-order valence-electron chi connectivity index (χ3n) is 3.06. The van der Waals surface area contributed by atoms with Gasteiger partial charge in [-0.2, -0.15) is 0 Å². The molecule has 0 aliphatic rings. The summed E-state index contributed by atoms with van der Waals surface area (Å²) in [7, 11) is 0. The maximum Gasteiger partial charge on any atom is 0.115 e. The van der Waals surface area contributed by atoms with Crippen molar-refractivity contribution in [2.75, 3.05) is 0 Å². The Balaban J connectivity index is 1.91. The number of phenols is 1. The van der Waals surface area contributed by atoms with Crippen LogP contribution in [0.15, 0.2) is 76.3 Å². The van der Waals surface area contributed by atoms with Gasteiger partial charge in [-0.3, -0.25) is 4.99 Å². The molecule has 3 rings (SSSR count). The summed E-state index contributed by atoms with van der Waals surface area (Å²) in [6, 6.07) is 18.9. The molecule has 21 heavy (non-hydrogen) atoms. The Bertz CT molecular complexity index is 775. The number of nitrogens with zero attached hydrogens (tertiary/aromatic N) is 2. The van der Waals surface area contributed by atoms with Crippen molar-refractivity contribution >= 4 is 27.8 Å². The van der Waals surface area contributed by atoms with Crippen molar-refractivity contribution in [3.63, 3.8) is 0 Å². The molecule has 3 nitrogen and oxygen atoms in total. The number of aromatic nitrogens is 1. The average molecular weight is 341 g/mol. The fourth-order valence-electron chi connectivity index (χ4n) is 2.04. The van der Waals surface area contributed by atoms with Gasteiger partial charge in [-0.25, -0.2) is 0 Å². The number of aliphatic imine (C=N–C) groups is 1. The number of aromatic hydroxyl groups is 1. The first-order valence-electron chi connectivity index (χ1n) is 6.49. The van der Waals surface area contributed by atoms with E-state index in [4.69, 9.17) is 0 Å². The lowest BCUT2D eigenvalue weighted by Crippen LogP contribution is -1.97. The smallest absolute Gasteiger partial charge is 0.115 e. The highest BCUT2D eigenvalue weighted by Gasteiger charge is 2.01. The molecular weight excluding hydrogens is 328 g/mol. The van der Waals surface area contributed by atoms with Gasteiger partial charge in [-0.1, -0.05) is 22.0 Å². The van der Waals surface area contributed by atoms with Crippen LogP contribution in [0.4, 0.5) is 5.69 Å². The molecule has 2 aromatic carbocycles. The van der Waals surface area contributed by atoms with Crippen molar-refractivity contribution in [2.45, 2.75) is 0 Å².